The standard InChI is InChI=1S/C28H17Cl3N2O5/c29-21-9-4-17(5-10-21)27(35)37-24-13-8-20(16-32-33-26(34)19-2-1-3-23(31)14-19)25(15-24)38-28(36)18-6-11-22(30)12-7-18/h1-16H,(H,33,34)/b32-16+. The minimum Gasteiger partial charge on any atom is -0.423 e. The molecule has 0 fully saturated rings. The van der Waals surface area contributed by atoms with Crippen molar-refractivity contribution in [2.45, 2.75) is 0 Å². The molecule has 0 bridgehead atoms. The van der Waals surface area contributed by atoms with E-state index in [1.807, 2.05) is 0 Å². The van der Waals surface area contributed by atoms with Crippen LogP contribution < -0.4 is 14.9 Å². The average molecular weight is 568 g/mol. The Morgan fingerprint density at radius 3 is 1.87 bits per heavy atom. The van der Waals surface area contributed by atoms with Crippen molar-refractivity contribution in [1.82, 2.24) is 5.43 Å². The van der Waals surface area contributed by atoms with Crippen LogP contribution in [0.2, 0.25) is 15.1 Å². The third kappa shape index (κ3) is 7.20. The number of carbonyl (C=O) groups is 3. The quantitative estimate of drug-likeness (QED) is 0.114. The molecule has 1 amide bonds. The first kappa shape index (κ1) is 26.9. The molecular formula is C28H17Cl3N2O5. The second-order valence-corrected chi connectivity index (χ2v) is 9.01. The van der Waals surface area contributed by atoms with Crippen molar-refractivity contribution in [1.29, 1.82) is 0 Å². The fraction of sp³-hybridized carbons (Fsp3) is 0. The van der Waals surface area contributed by atoms with Crippen molar-refractivity contribution in [3.63, 3.8) is 0 Å². The van der Waals surface area contributed by atoms with E-state index in [-0.39, 0.29) is 22.6 Å². The second kappa shape index (κ2) is 12.4. The van der Waals surface area contributed by atoms with Crippen LogP contribution in [0, 0.1) is 0 Å². The van der Waals surface area contributed by atoms with E-state index in [9.17, 15) is 14.4 Å². The number of ether oxygens (including phenoxy) is 2. The smallest absolute Gasteiger partial charge is 0.343 e. The monoisotopic (exact) mass is 566 g/mol. The summed E-state index contributed by atoms with van der Waals surface area (Å²) in [4.78, 5) is 37.6. The molecule has 4 aromatic carbocycles. The SMILES string of the molecule is O=C(N/N=C/c1ccc(OC(=O)c2ccc(Cl)cc2)cc1OC(=O)c1ccc(Cl)cc1)c1cccc(Cl)c1. The van der Waals surface area contributed by atoms with Gasteiger partial charge >= 0.3 is 11.9 Å². The molecule has 38 heavy (non-hydrogen) atoms. The Hall–Kier alpha value is -4.17. The van der Waals surface area contributed by atoms with E-state index in [2.05, 4.69) is 10.5 Å². The molecule has 0 radical (unpaired) electrons. The van der Waals surface area contributed by atoms with E-state index in [0.29, 0.717) is 26.2 Å². The van der Waals surface area contributed by atoms with Gasteiger partial charge in [0, 0.05) is 32.3 Å². The zero-order chi connectivity index (χ0) is 27.1. The number of carbonyl (C=O) groups excluding carboxylic acids is 3. The van der Waals surface area contributed by atoms with Crippen molar-refractivity contribution in [3.05, 3.63) is 128 Å². The van der Waals surface area contributed by atoms with Gasteiger partial charge in [0.2, 0.25) is 0 Å². The summed E-state index contributed by atoms with van der Waals surface area (Å²) in [6.45, 7) is 0. The lowest BCUT2D eigenvalue weighted by atomic mass is 10.2. The average Bonchev–Trinajstić information content (AvgIpc) is 2.90. The Morgan fingerprint density at radius 2 is 1.26 bits per heavy atom. The third-order valence-electron chi connectivity index (χ3n) is 5.01. The molecule has 0 aromatic heterocycles. The minimum absolute atomic E-state index is 0.0344. The fourth-order valence-corrected chi connectivity index (χ4v) is 3.57. The van der Waals surface area contributed by atoms with Gasteiger partial charge in [-0.2, -0.15) is 5.10 Å². The topological polar surface area (TPSA) is 94.1 Å². The van der Waals surface area contributed by atoms with Gasteiger partial charge in [-0.3, -0.25) is 4.79 Å². The molecule has 0 aliphatic carbocycles. The molecule has 0 saturated heterocycles. The molecule has 4 aromatic rings. The highest BCUT2D eigenvalue weighted by atomic mass is 35.5. The highest BCUT2D eigenvalue weighted by Crippen LogP contribution is 2.26. The first-order valence-corrected chi connectivity index (χ1v) is 12.1. The third-order valence-corrected chi connectivity index (χ3v) is 5.75. The van der Waals surface area contributed by atoms with E-state index >= 15 is 0 Å². The van der Waals surface area contributed by atoms with Crippen LogP contribution in [0.3, 0.4) is 0 Å². The number of amides is 1. The number of benzene rings is 4. The van der Waals surface area contributed by atoms with Gasteiger partial charge in [-0.05, 0) is 78.9 Å². The summed E-state index contributed by atoms with van der Waals surface area (Å²) in [6.07, 6.45) is 1.29. The largest absolute Gasteiger partial charge is 0.423 e. The van der Waals surface area contributed by atoms with Crippen LogP contribution in [0.15, 0.2) is 96.1 Å². The molecule has 0 aliphatic rings. The Labute approximate surface area is 232 Å². The van der Waals surface area contributed by atoms with Gasteiger partial charge in [0.1, 0.15) is 11.5 Å². The maximum absolute atomic E-state index is 12.8. The lowest BCUT2D eigenvalue weighted by Gasteiger charge is -2.11. The molecule has 190 valence electrons. The number of hydrogen-bond donors (Lipinski definition) is 1. The van der Waals surface area contributed by atoms with Crippen LogP contribution in [-0.4, -0.2) is 24.1 Å². The van der Waals surface area contributed by atoms with Crippen molar-refractivity contribution >= 4 is 58.9 Å². The van der Waals surface area contributed by atoms with Crippen LogP contribution in [0.25, 0.3) is 0 Å². The lowest BCUT2D eigenvalue weighted by Crippen LogP contribution is -2.17. The zero-order valence-electron chi connectivity index (χ0n) is 19.4. The van der Waals surface area contributed by atoms with Gasteiger partial charge in [0.15, 0.2) is 0 Å². The highest BCUT2D eigenvalue weighted by Gasteiger charge is 2.15. The van der Waals surface area contributed by atoms with E-state index in [1.54, 1.807) is 42.5 Å². The second-order valence-electron chi connectivity index (χ2n) is 7.70. The molecule has 4 rings (SSSR count). The number of hydrazone groups is 1. The molecule has 0 atom stereocenters. The first-order chi connectivity index (χ1) is 18.3. The van der Waals surface area contributed by atoms with Crippen LogP contribution in [0.5, 0.6) is 11.5 Å². The molecule has 1 N–H and O–H groups in total. The summed E-state index contributed by atoms with van der Waals surface area (Å²) >= 11 is 17.7. The molecule has 7 nitrogen and oxygen atoms in total. The summed E-state index contributed by atoms with van der Waals surface area (Å²) in [6, 6.07) is 23.0. The summed E-state index contributed by atoms with van der Waals surface area (Å²) < 4.78 is 11.0. The van der Waals surface area contributed by atoms with Crippen molar-refractivity contribution in [2.75, 3.05) is 0 Å². The van der Waals surface area contributed by atoms with Gasteiger partial charge in [-0.1, -0.05) is 40.9 Å². The summed E-state index contributed by atoms with van der Waals surface area (Å²) in [7, 11) is 0. The molecule has 10 heteroatoms. The molecule has 0 aliphatic heterocycles. The minimum atomic E-state index is -0.680. The van der Waals surface area contributed by atoms with E-state index in [0.717, 1.165) is 0 Å². The zero-order valence-corrected chi connectivity index (χ0v) is 21.6. The maximum Gasteiger partial charge on any atom is 0.343 e. The lowest BCUT2D eigenvalue weighted by molar-refractivity contribution is 0.0732. The molecule has 0 saturated carbocycles. The normalized spacial score (nSPS) is 10.7. The Kier molecular flexibility index (Phi) is 8.76. The summed E-state index contributed by atoms with van der Waals surface area (Å²) in [5, 5.41) is 5.29. The summed E-state index contributed by atoms with van der Waals surface area (Å²) in [5.41, 5.74) is 3.55. The van der Waals surface area contributed by atoms with Crippen LogP contribution in [0.1, 0.15) is 36.6 Å². The van der Waals surface area contributed by atoms with E-state index in [4.69, 9.17) is 44.3 Å². The summed E-state index contributed by atoms with van der Waals surface area (Å²) in [5.74, 6) is -1.65. The predicted octanol–water partition coefficient (Wildman–Crippen LogP) is 6.85. The molecule has 0 spiro atoms. The van der Waals surface area contributed by atoms with Crippen LogP contribution in [-0.2, 0) is 0 Å². The maximum atomic E-state index is 12.8. The number of rotatable bonds is 7. The highest BCUT2D eigenvalue weighted by molar-refractivity contribution is 6.31. The van der Waals surface area contributed by atoms with Gasteiger partial charge in [0.25, 0.3) is 5.91 Å². The Balaban J connectivity index is 1.56. The number of nitrogens with zero attached hydrogens (tertiary/aromatic N) is 1. The van der Waals surface area contributed by atoms with Crippen molar-refractivity contribution in [3.8, 4) is 11.5 Å². The van der Waals surface area contributed by atoms with Gasteiger partial charge in [0.05, 0.1) is 17.3 Å². The van der Waals surface area contributed by atoms with Crippen LogP contribution in [0.4, 0.5) is 0 Å². The molecule has 0 heterocycles. The van der Waals surface area contributed by atoms with Gasteiger partial charge in [-0.25, -0.2) is 15.0 Å². The number of halogens is 3. The predicted molar refractivity (Wildman–Crippen MR) is 146 cm³/mol. The van der Waals surface area contributed by atoms with Gasteiger partial charge in [-0.15, -0.1) is 0 Å². The van der Waals surface area contributed by atoms with Gasteiger partial charge < -0.3 is 9.47 Å². The Morgan fingerprint density at radius 1 is 0.658 bits per heavy atom. The fourth-order valence-electron chi connectivity index (χ4n) is 3.12. The molecular weight excluding hydrogens is 551 g/mol. The Bertz CT molecular complexity index is 1520. The first-order valence-electron chi connectivity index (χ1n) is 11.0. The number of nitrogens with one attached hydrogen (secondary N) is 1. The number of hydrogen-bond acceptors (Lipinski definition) is 6. The van der Waals surface area contributed by atoms with E-state index in [1.165, 1.54) is 54.7 Å². The van der Waals surface area contributed by atoms with E-state index < -0.39 is 17.8 Å². The van der Waals surface area contributed by atoms with Crippen molar-refractivity contribution < 1.29 is 23.9 Å². The van der Waals surface area contributed by atoms with Crippen molar-refractivity contribution in [2.24, 2.45) is 5.10 Å². The number of esters is 2. The van der Waals surface area contributed by atoms with Crippen LogP contribution >= 0.6 is 34.8 Å². The molecule has 0 unspecified atom stereocenters.